The number of carbonyl (C=O) groups excluding carboxylic acids is 1. The molecule has 2 aromatic rings. The van der Waals surface area contributed by atoms with Gasteiger partial charge in [0.2, 0.25) is 0 Å². The van der Waals surface area contributed by atoms with Crippen LogP contribution >= 0.6 is 0 Å². The van der Waals surface area contributed by atoms with Crippen LogP contribution in [0.2, 0.25) is 0 Å². The minimum Gasteiger partial charge on any atom is -0.496 e. The molecule has 0 radical (unpaired) electrons. The molecular weight excluding hydrogens is 424 g/mol. The molecule has 2 heterocycles. The number of amides is 2. The number of rotatable bonds is 5. The van der Waals surface area contributed by atoms with Crippen molar-refractivity contribution in [2.45, 2.75) is 52.5 Å². The number of hydrogen-bond acceptors (Lipinski definition) is 4. The monoisotopic (exact) mass is 464 g/mol. The predicted molar refractivity (Wildman–Crippen MR) is 140 cm³/mol. The molecule has 2 saturated heterocycles. The molecule has 0 saturated carbocycles. The van der Waals surface area contributed by atoms with Gasteiger partial charge in [-0.3, -0.25) is 0 Å². The Morgan fingerprint density at radius 3 is 2.18 bits per heavy atom. The smallest absolute Gasteiger partial charge is 0.321 e. The van der Waals surface area contributed by atoms with E-state index in [0.29, 0.717) is 12.0 Å². The number of urea groups is 1. The van der Waals surface area contributed by atoms with Crippen molar-refractivity contribution in [1.29, 1.82) is 0 Å². The number of piperazine rings is 1. The fraction of sp³-hybridized carbons (Fsp3) is 0.536. The molecule has 2 amide bonds. The van der Waals surface area contributed by atoms with Crippen molar-refractivity contribution in [3.05, 3.63) is 53.1 Å². The minimum absolute atomic E-state index is 0.0224. The molecule has 34 heavy (non-hydrogen) atoms. The summed E-state index contributed by atoms with van der Waals surface area (Å²) in [5.41, 5.74) is 5.87. The number of ether oxygens (including phenoxy) is 1. The van der Waals surface area contributed by atoms with Gasteiger partial charge in [0.05, 0.1) is 7.11 Å². The summed E-state index contributed by atoms with van der Waals surface area (Å²) in [7, 11) is 1.73. The third-order valence-corrected chi connectivity index (χ3v) is 7.32. The molecule has 1 N–H and O–H groups in total. The molecule has 4 rings (SSSR count). The molecule has 2 aliphatic rings. The molecule has 2 fully saturated rings. The lowest BCUT2D eigenvalue weighted by molar-refractivity contribution is 0.171. The van der Waals surface area contributed by atoms with Gasteiger partial charge in [0.15, 0.2) is 0 Å². The van der Waals surface area contributed by atoms with Crippen LogP contribution in [0.15, 0.2) is 36.4 Å². The zero-order chi connectivity index (χ0) is 24.2. The molecule has 2 aromatic carbocycles. The van der Waals surface area contributed by atoms with Crippen molar-refractivity contribution < 1.29 is 9.53 Å². The number of benzene rings is 2. The Morgan fingerprint density at radius 1 is 0.941 bits per heavy atom. The number of aryl methyl sites for hydroxylation is 2. The summed E-state index contributed by atoms with van der Waals surface area (Å²) < 4.78 is 5.68. The van der Waals surface area contributed by atoms with Gasteiger partial charge in [-0.1, -0.05) is 6.07 Å². The molecular formula is C28H40N4O2. The first-order chi connectivity index (χ1) is 16.3. The van der Waals surface area contributed by atoms with Crippen molar-refractivity contribution in [3.63, 3.8) is 0 Å². The van der Waals surface area contributed by atoms with E-state index in [4.69, 9.17) is 4.74 Å². The Labute approximate surface area is 204 Å². The molecule has 2 aliphatic heterocycles. The largest absolute Gasteiger partial charge is 0.496 e. The average Bonchev–Trinajstić information content (AvgIpc) is 2.83. The molecule has 0 spiro atoms. The van der Waals surface area contributed by atoms with Crippen LogP contribution in [0.25, 0.3) is 0 Å². The summed E-state index contributed by atoms with van der Waals surface area (Å²) in [6.07, 6.45) is 2.23. The molecule has 0 atom stereocenters. The number of anilines is 2. The molecule has 6 nitrogen and oxygen atoms in total. The van der Waals surface area contributed by atoms with E-state index in [1.807, 2.05) is 17.0 Å². The van der Waals surface area contributed by atoms with Crippen LogP contribution in [-0.4, -0.2) is 68.3 Å². The maximum Gasteiger partial charge on any atom is 0.321 e. The van der Waals surface area contributed by atoms with Crippen molar-refractivity contribution in [3.8, 4) is 5.75 Å². The second-order valence-electron chi connectivity index (χ2n) is 10.1. The second kappa shape index (κ2) is 10.7. The van der Waals surface area contributed by atoms with Crippen molar-refractivity contribution in [2.75, 3.05) is 56.6 Å². The van der Waals surface area contributed by atoms with Gasteiger partial charge in [-0.05, 0) is 107 Å². The maximum absolute atomic E-state index is 13.0. The average molecular weight is 465 g/mol. The third-order valence-electron chi connectivity index (χ3n) is 7.32. The van der Waals surface area contributed by atoms with E-state index >= 15 is 0 Å². The summed E-state index contributed by atoms with van der Waals surface area (Å²) in [5.74, 6) is 1.38. The normalized spacial score (nSPS) is 17.8. The standard InChI is InChI=1S/C28H40N4O2/c1-20(2)30-10-8-23(9-11-30)26-19-24(6-7-27(26)34-5)29-28(33)32-14-12-31(13-15-32)25-17-21(3)16-22(4)18-25/h6-7,16-20,23H,8-15H2,1-5H3,(H,29,33). The lowest BCUT2D eigenvalue weighted by Crippen LogP contribution is -2.50. The van der Waals surface area contributed by atoms with Crippen molar-refractivity contribution >= 4 is 17.4 Å². The first kappa shape index (κ1) is 24.4. The van der Waals surface area contributed by atoms with Crippen LogP contribution < -0.4 is 15.0 Å². The number of nitrogens with zero attached hydrogens (tertiary/aromatic N) is 3. The summed E-state index contributed by atoms with van der Waals surface area (Å²) in [6.45, 7) is 14.1. The summed E-state index contributed by atoms with van der Waals surface area (Å²) in [5, 5.41) is 3.14. The van der Waals surface area contributed by atoms with Crippen LogP contribution in [-0.2, 0) is 0 Å². The molecule has 6 heteroatoms. The van der Waals surface area contributed by atoms with Gasteiger partial charge in [-0.25, -0.2) is 4.79 Å². The number of piperidine rings is 1. The van der Waals surface area contributed by atoms with E-state index in [-0.39, 0.29) is 6.03 Å². The summed E-state index contributed by atoms with van der Waals surface area (Å²) in [4.78, 5) is 19.9. The van der Waals surface area contributed by atoms with Crippen molar-refractivity contribution in [2.24, 2.45) is 0 Å². The Bertz CT molecular complexity index is 970. The van der Waals surface area contributed by atoms with Crippen LogP contribution in [0.1, 0.15) is 49.3 Å². The van der Waals surface area contributed by atoms with E-state index in [1.165, 1.54) is 22.4 Å². The summed E-state index contributed by atoms with van der Waals surface area (Å²) in [6, 6.07) is 13.3. The van der Waals surface area contributed by atoms with Gasteiger partial charge < -0.3 is 24.8 Å². The van der Waals surface area contributed by atoms with E-state index in [1.54, 1.807) is 7.11 Å². The lowest BCUT2D eigenvalue weighted by atomic mass is 9.88. The SMILES string of the molecule is COc1ccc(NC(=O)N2CCN(c3cc(C)cc(C)c3)CC2)cc1C1CCN(C(C)C)CC1. The van der Waals surface area contributed by atoms with E-state index in [0.717, 1.165) is 63.5 Å². The number of carbonyl (C=O) groups is 1. The quantitative estimate of drug-likeness (QED) is 0.656. The zero-order valence-corrected chi connectivity index (χ0v) is 21.4. The zero-order valence-electron chi connectivity index (χ0n) is 21.4. The maximum atomic E-state index is 13.0. The fourth-order valence-electron chi connectivity index (χ4n) is 5.36. The Balaban J connectivity index is 1.37. The van der Waals surface area contributed by atoms with E-state index in [2.05, 4.69) is 67.1 Å². The number of methoxy groups -OCH3 is 1. The number of likely N-dealkylation sites (tertiary alicyclic amines) is 1. The molecule has 0 aliphatic carbocycles. The van der Waals surface area contributed by atoms with Gasteiger partial charge in [0.1, 0.15) is 5.75 Å². The van der Waals surface area contributed by atoms with Gasteiger partial charge in [-0.15, -0.1) is 0 Å². The topological polar surface area (TPSA) is 48.1 Å². The van der Waals surface area contributed by atoms with E-state index < -0.39 is 0 Å². The van der Waals surface area contributed by atoms with Crippen molar-refractivity contribution in [1.82, 2.24) is 9.80 Å². The Kier molecular flexibility index (Phi) is 7.67. The van der Waals surface area contributed by atoms with Crippen LogP contribution in [0.3, 0.4) is 0 Å². The molecule has 0 aromatic heterocycles. The highest BCUT2D eigenvalue weighted by atomic mass is 16.5. The number of hydrogen-bond donors (Lipinski definition) is 1. The fourth-order valence-corrected chi connectivity index (χ4v) is 5.36. The highest BCUT2D eigenvalue weighted by molar-refractivity contribution is 5.89. The molecule has 0 unspecified atom stereocenters. The third kappa shape index (κ3) is 5.66. The molecule has 184 valence electrons. The first-order valence-corrected chi connectivity index (χ1v) is 12.6. The highest BCUT2D eigenvalue weighted by Crippen LogP contribution is 2.36. The minimum atomic E-state index is -0.0224. The lowest BCUT2D eigenvalue weighted by Gasteiger charge is -2.36. The van der Waals surface area contributed by atoms with Gasteiger partial charge in [-0.2, -0.15) is 0 Å². The van der Waals surface area contributed by atoms with Crippen LogP contribution in [0.4, 0.5) is 16.2 Å². The Morgan fingerprint density at radius 2 is 1.59 bits per heavy atom. The van der Waals surface area contributed by atoms with Gasteiger partial charge in [0.25, 0.3) is 0 Å². The number of nitrogens with one attached hydrogen (secondary N) is 1. The Hall–Kier alpha value is -2.73. The second-order valence-corrected chi connectivity index (χ2v) is 10.1. The van der Waals surface area contributed by atoms with Crippen LogP contribution in [0.5, 0.6) is 5.75 Å². The first-order valence-electron chi connectivity index (χ1n) is 12.6. The summed E-state index contributed by atoms with van der Waals surface area (Å²) >= 11 is 0. The van der Waals surface area contributed by atoms with Crippen LogP contribution in [0, 0.1) is 13.8 Å². The predicted octanol–water partition coefficient (Wildman–Crippen LogP) is 5.25. The van der Waals surface area contributed by atoms with E-state index in [9.17, 15) is 4.79 Å². The van der Waals surface area contributed by atoms with Gasteiger partial charge >= 0.3 is 6.03 Å². The molecule has 0 bridgehead atoms. The highest BCUT2D eigenvalue weighted by Gasteiger charge is 2.26. The van der Waals surface area contributed by atoms with Gasteiger partial charge in [0, 0.05) is 43.6 Å².